The van der Waals surface area contributed by atoms with E-state index in [2.05, 4.69) is 324 Å². The van der Waals surface area contributed by atoms with Crippen LogP contribution >= 0.6 is 112 Å². The number of rotatable bonds is 3. The molecule has 15 aromatic rings. The van der Waals surface area contributed by atoms with Crippen molar-refractivity contribution in [2.45, 2.75) is 40.2 Å². The third-order valence-electron chi connectivity index (χ3n) is 19.1. The second-order valence-corrected chi connectivity index (χ2v) is 30.6. The first-order valence-corrected chi connectivity index (χ1v) is 37.6. The van der Waals surface area contributed by atoms with Crippen molar-refractivity contribution in [2.75, 3.05) is 0 Å². The Morgan fingerprint density at radius 2 is 0.647 bits per heavy atom. The molecule has 1 spiro atoms. The molecule has 4 aliphatic rings. The van der Waals surface area contributed by atoms with Crippen molar-refractivity contribution in [1.29, 1.82) is 0 Å². The predicted octanol–water partition coefficient (Wildman–Crippen LogP) is 29.2. The van der Waals surface area contributed by atoms with E-state index in [-0.39, 0.29) is 33.5 Å². The third kappa shape index (κ3) is 12.5. The van der Waals surface area contributed by atoms with Gasteiger partial charge in [-0.15, -0.1) is 12.3 Å². The maximum Gasteiger partial charge on any atom is 0.194 e. The molecule has 1 unspecified atom stereocenters. The number of benzene rings is 15. The van der Waals surface area contributed by atoms with Crippen molar-refractivity contribution in [3.05, 3.63) is 385 Å². The van der Waals surface area contributed by atoms with Gasteiger partial charge < -0.3 is 5.11 Å². The highest BCUT2D eigenvalue weighted by Crippen LogP contribution is 2.65. The van der Waals surface area contributed by atoms with E-state index in [1.807, 2.05) is 103 Å². The van der Waals surface area contributed by atoms with Crippen molar-refractivity contribution >= 4 is 150 Å². The van der Waals surface area contributed by atoms with E-state index in [1.165, 1.54) is 66.4 Å². The lowest BCUT2D eigenvalue weighted by atomic mass is 9.70. The molecule has 0 bridgehead atoms. The summed E-state index contributed by atoms with van der Waals surface area (Å²) in [5.41, 5.74) is 22.3. The summed E-state index contributed by atoms with van der Waals surface area (Å²) < 4.78 is 7.23. The molecule has 0 fully saturated rings. The number of halogens is 7. The van der Waals surface area contributed by atoms with Crippen LogP contribution in [-0.2, 0) is 11.0 Å². The van der Waals surface area contributed by atoms with E-state index < -0.39 is 5.60 Å². The van der Waals surface area contributed by atoms with Crippen LogP contribution in [-0.4, -0.2) is 10.9 Å². The van der Waals surface area contributed by atoms with Gasteiger partial charge in [-0.05, 0) is 183 Å². The van der Waals surface area contributed by atoms with E-state index in [9.17, 15) is 9.90 Å². The Bertz CT molecular complexity index is 5750. The highest BCUT2D eigenvalue weighted by molar-refractivity contribution is 9.11. The molecular formula is C93H67Br7O2. The summed E-state index contributed by atoms with van der Waals surface area (Å²) in [6.07, 6.45) is 4.60. The van der Waals surface area contributed by atoms with Crippen molar-refractivity contribution in [3.63, 3.8) is 0 Å². The maximum absolute atomic E-state index is 12.7. The van der Waals surface area contributed by atoms with Crippen LogP contribution in [0.4, 0.5) is 0 Å². The first kappa shape index (κ1) is 73.4. The fourth-order valence-corrected chi connectivity index (χ4v) is 18.5. The molecule has 19 rings (SSSR count). The zero-order valence-corrected chi connectivity index (χ0v) is 64.0. The van der Waals surface area contributed by atoms with Gasteiger partial charge in [-0.25, -0.2) is 0 Å². The number of terminal acetylenes is 1. The molecule has 1 atom stereocenters. The fourth-order valence-electron chi connectivity index (χ4n) is 15.1. The van der Waals surface area contributed by atoms with Gasteiger partial charge >= 0.3 is 0 Å². The Labute approximate surface area is 656 Å². The Kier molecular flexibility index (Phi) is 22.0. The van der Waals surface area contributed by atoms with Crippen LogP contribution < -0.4 is 0 Å². The van der Waals surface area contributed by atoms with Gasteiger partial charge in [0.05, 0.1) is 5.41 Å². The third-order valence-corrected chi connectivity index (χ3v) is 23.3. The van der Waals surface area contributed by atoms with Crippen molar-refractivity contribution < 1.29 is 9.90 Å². The van der Waals surface area contributed by atoms with Gasteiger partial charge in [0.2, 0.25) is 0 Å². The lowest BCUT2D eigenvalue weighted by Crippen LogP contribution is -2.27. The zero-order chi connectivity index (χ0) is 68.3. The van der Waals surface area contributed by atoms with E-state index in [4.69, 9.17) is 0 Å². The Hall–Kier alpha value is -8.37. The largest absolute Gasteiger partial charge is 0.376 e. The van der Waals surface area contributed by atoms with Gasteiger partial charge in [0.25, 0.3) is 0 Å². The van der Waals surface area contributed by atoms with Gasteiger partial charge in [-0.1, -0.05) is 376 Å². The molecule has 1 N–H and O–H groups in total. The van der Waals surface area contributed by atoms with Gasteiger partial charge in [-0.3, -0.25) is 4.79 Å². The number of aliphatic hydroxyl groups is 1. The molecule has 0 aliphatic heterocycles. The first-order chi connectivity index (χ1) is 48.3. The second-order valence-electron chi connectivity index (χ2n) is 24.5. The lowest BCUT2D eigenvalue weighted by molar-refractivity contribution is 0.104. The minimum absolute atomic E-state index is 0. The number of carbonyl (C=O) groups excluding carboxylic acids is 1. The van der Waals surface area contributed by atoms with Crippen molar-refractivity contribution in [2.24, 2.45) is 0 Å². The summed E-state index contributed by atoms with van der Waals surface area (Å²) in [6.45, 7) is 1.65. The Morgan fingerprint density at radius 3 is 1.17 bits per heavy atom. The standard InChI is InChI=1S/C29H18Br2O.C29H16Br2.C17H8Br2O.C12H9Br.C3H4.3CH4/c30-19-14-15-23-25(16-19)29(32,24-13-7-6-10-20(24)18-8-2-1-3-9-18)26-17-27(31)21-11-4-5-12-22(21)28(23)26;30-17-13-14-22-25(15-17)29(26-16-27(31)20-9-1-2-10-21(20)28(22)26)23-11-5-3-7-18(23)19-8-4-6-12-24(19)29;18-9-5-6-12-13(7-9)17(20)14-8-15(19)10-3-1-2-4-11(10)16(12)14;13-12-9-5-4-8-11(12)10-6-2-1-3-7-10;1-3-2;;;/h1-17,32H;1-16H;1-8H;1-9H;1H,2H3;3*1H4. The first-order valence-electron chi connectivity index (χ1n) is 32.1. The normalized spacial score (nSPS) is 13.4. The highest BCUT2D eigenvalue weighted by Gasteiger charge is 2.52. The molecule has 0 radical (unpaired) electrons. The van der Waals surface area contributed by atoms with Crippen LogP contribution in [0.3, 0.4) is 0 Å². The summed E-state index contributed by atoms with van der Waals surface area (Å²) in [7, 11) is 0. The second kappa shape index (κ2) is 30.5. The van der Waals surface area contributed by atoms with E-state index in [1.54, 1.807) is 6.92 Å². The average molecular weight is 1780 g/mol. The molecule has 500 valence electrons. The Balaban J connectivity index is 0.000000131. The topological polar surface area (TPSA) is 37.3 Å². The molecule has 2 nitrogen and oxygen atoms in total. The average Bonchev–Trinajstić information content (AvgIpc) is 1.51. The molecule has 102 heavy (non-hydrogen) atoms. The monoisotopic (exact) mass is 1770 g/mol. The number of ketones is 1. The number of carbonyl (C=O) groups is 1. The summed E-state index contributed by atoms with van der Waals surface area (Å²) in [5, 5.41) is 19.8. The van der Waals surface area contributed by atoms with Crippen LogP contribution in [0.1, 0.15) is 84.1 Å². The van der Waals surface area contributed by atoms with Crippen molar-refractivity contribution in [1.82, 2.24) is 0 Å². The predicted molar refractivity (Wildman–Crippen MR) is 457 cm³/mol. The summed E-state index contributed by atoms with van der Waals surface area (Å²) >= 11 is 25.7. The van der Waals surface area contributed by atoms with Crippen molar-refractivity contribution in [3.8, 4) is 79.1 Å². The maximum atomic E-state index is 12.7. The lowest BCUT2D eigenvalue weighted by Gasteiger charge is -2.30. The van der Waals surface area contributed by atoms with Gasteiger partial charge in [0.1, 0.15) is 5.60 Å². The zero-order valence-electron chi connectivity index (χ0n) is 52.9. The van der Waals surface area contributed by atoms with Crippen LogP contribution in [0.15, 0.2) is 335 Å². The van der Waals surface area contributed by atoms with Crippen LogP contribution in [0.2, 0.25) is 0 Å². The molecule has 0 saturated carbocycles. The molecule has 4 aliphatic carbocycles. The number of hydrogen-bond acceptors (Lipinski definition) is 2. The number of fused-ring (bicyclic) bond motifs is 22. The van der Waals surface area contributed by atoms with E-state index >= 15 is 0 Å². The van der Waals surface area contributed by atoms with Crippen LogP contribution in [0.5, 0.6) is 0 Å². The van der Waals surface area contributed by atoms with Gasteiger partial charge in [0, 0.05) is 64.7 Å². The van der Waals surface area contributed by atoms with Gasteiger partial charge in [0.15, 0.2) is 5.78 Å². The summed E-state index contributed by atoms with van der Waals surface area (Å²) in [4.78, 5) is 12.6. The van der Waals surface area contributed by atoms with Crippen LogP contribution in [0.25, 0.3) is 99.1 Å². The molecule has 15 aromatic carbocycles. The SMILES string of the molecule is Brc1ccc2c(c1)C1(c3ccccc3-c3ccccc31)c1cc(Br)c3ccccc3c1-2.Brc1ccccc1-c1ccccc1.C.C.C.C#CC.O=C1c2cc(Br)ccc2-c2c1cc(Br)c1ccccc21.OC1(c2ccccc2-c2ccccc2)c2cc(Br)ccc2-c2c1cc(Br)c1ccccc21. The van der Waals surface area contributed by atoms with E-state index in [0.29, 0.717) is 0 Å². The number of hydrogen-bond donors (Lipinski definition) is 1. The summed E-state index contributed by atoms with van der Waals surface area (Å²) in [6, 6.07) is 105. The minimum atomic E-state index is -1.28. The summed E-state index contributed by atoms with van der Waals surface area (Å²) in [5.74, 6) is 2.35. The fraction of sp³-hybridized carbons (Fsp3) is 0.0645. The molecular weight excluding hydrogens is 1710 g/mol. The molecule has 0 heterocycles. The molecule has 0 amide bonds. The smallest absolute Gasteiger partial charge is 0.194 e. The molecule has 0 aromatic heterocycles. The highest BCUT2D eigenvalue weighted by atomic mass is 79.9. The Morgan fingerprint density at radius 1 is 0.284 bits per heavy atom. The quantitative estimate of drug-likeness (QED) is 0.179. The van der Waals surface area contributed by atoms with Crippen LogP contribution in [0, 0.1) is 12.3 Å². The molecule has 9 heteroatoms. The van der Waals surface area contributed by atoms with Gasteiger partial charge in [-0.2, -0.15) is 0 Å². The minimum Gasteiger partial charge on any atom is -0.376 e. The van der Waals surface area contributed by atoms with E-state index in [0.717, 1.165) is 114 Å². The molecule has 0 saturated heterocycles.